The SMILES string of the molecule is CCOCC1(CN)C(c2ccccc2)C1S(=O)(=O)c1ccc(Cl)cc1. The van der Waals surface area contributed by atoms with E-state index in [0.717, 1.165) is 5.56 Å². The van der Waals surface area contributed by atoms with Crippen molar-refractivity contribution in [1.82, 2.24) is 0 Å². The van der Waals surface area contributed by atoms with Crippen molar-refractivity contribution in [3.05, 3.63) is 65.2 Å². The van der Waals surface area contributed by atoms with Gasteiger partial charge in [-0.1, -0.05) is 41.9 Å². The summed E-state index contributed by atoms with van der Waals surface area (Å²) in [5.41, 5.74) is 6.44. The van der Waals surface area contributed by atoms with Crippen LogP contribution in [0.4, 0.5) is 0 Å². The third-order valence-electron chi connectivity index (χ3n) is 4.97. The molecule has 2 aromatic rings. The van der Waals surface area contributed by atoms with Gasteiger partial charge in [-0.25, -0.2) is 8.42 Å². The molecule has 0 spiro atoms. The van der Waals surface area contributed by atoms with Gasteiger partial charge in [0.2, 0.25) is 0 Å². The summed E-state index contributed by atoms with van der Waals surface area (Å²) in [4.78, 5) is 0.273. The maximum Gasteiger partial charge on any atom is 0.182 e. The van der Waals surface area contributed by atoms with Crippen LogP contribution in [0.1, 0.15) is 18.4 Å². The van der Waals surface area contributed by atoms with Crippen molar-refractivity contribution in [2.75, 3.05) is 19.8 Å². The number of rotatable bonds is 7. The lowest BCUT2D eigenvalue weighted by atomic mass is 10.0. The monoisotopic (exact) mass is 379 g/mol. The van der Waals surface area contributed by atoms with Gasteiger partial charge in [0.15, 0.2) is 9.84 Å². The minimum absolute atomic E-state index is 0.175. The molecule has 0 bridgehead atoms. The molecule has 2 aromatic carbocycles. The van der Waals surface area contributed by atoms with E-state index < -0.39 is 20.5 Å². The Bertz CT molecular complexity index is 824. The Morgan fingerprint density at radius 3 is 2.32 bits per heavy atom. The smallest absolute Gasteiger partial charge is 0.182 e. The molecule has 0 amide bonds. The molecule has 0 radical (unpaired) electrons. The van der Waals surface area contributed by atoms with Crippen molar-refractivity contribution in [2.24, 2.45) is 11.1 Å². The van der Waals surface area contributed by atoms with Gasteiger partial charge in [-0.05, 0) is 36.8 Å². The Balaban J connectivity index is 2.03. The fraction of sp³-hybridized carbons (Fsp3) is 0.368. The van der Waals surface area contributed by atoms with Crippen LogP contribution in [0.25, 0.3) is 0 Å². The van der Waals surface area contributed by atoms with E-state index >= 15 is 0 Å². The Morgan fingerprint density at radius 2 is 1.76 bits per heavy atom. The summed E-state index contributed by atoms with van der Waals surface area (Å²) >= 11 is 5.90. The summed E-state index contributed by atoms with van der Waals surface area (Å²) in [7, 11) is -3.55. The van der Waals surface area contributed by atoms with E-state index in [4.69, 9.17) is 22.1 Å². The van der Waals surface area contributed by atoms with E-state index in [0.29, 0.717) is 18.2 Å². The van der Waals surface area contributed by atoms with Crippen LogP contribution in [0.2, 0.25) is 5.02 Å². The largest absolute Gasteiger partial charge is 0.381 e. The average Bonchev–Trinajstić information content (AvgIpc) is 3.31. The van der Waals surface area contributed by atoms with Gasteiger partial charge < -0.3 is 10.5 Å². The second-order valence-electron chi connectivity index (χ2n) is 6.38. The van der Waals surface area contributed by atoms with Crippen LogP contribution in [0.5, 0.6) is 0 Å². The number of nitrogens with two attached hydrogens (primary N) is 1. The minimum atomic E-state index is -3.55. The Morgan fingerprint density at radius 1 is 1.12 bits per heavy atom. The van der Waals surface area contributed by atoms with Gasteiger partial charge >= 0.3 is 0 Å². The molecule has 0 aliphatic heterocycles. The third kappa shape index (κ3) is 3.22. The number of benzene rings is 2. The second-order valence-corrected chi connectivity index (χ2v) is 8.89. The second kappa shape index (κ2) is 7.08. The highest BCUT2D eigenvalue weighted by Gasteiger charge is 2.70. The van der Waals surface area contributed by atoms with E-state index in [1.165, 1.54) is 0 Å². The molecule has 1 fully saturated rings. The van der Waals surface area contributed by atoms with Gasteiger partial charge in [0.05, 0.1) is 16.8 Å². The topological polar surface area (TPSA) is 69.4 Å². The van der Waals surface area contributed by atoms with Crippen LogP contribution >= 0.6 is 11.6 Å². The molecule has 25 heavy (non-hydrogen) atoms. The summed E-state index contributed by atoms with van der Waals surface area (Å²) in [6.07, 6.45) is 0. The fourth-order valence-electron chi connectivity index (χ4n) is 3.65. The highest BCUT2D eigenvalue weighted by Crippen LogP contribution is 2.63. The molecular formula is C19H22ClNO3S. The maximum atomic E-state index is 13.3. The number of hydrogen-bond acceptors (Lipinski definition) is 4. The lowest BCUT2D eigenvalue weighted by molar-refractivity contribution is 0.101. The Hall–Kier alpha value is -1.40. The van der Waals surface area contributed by atoms with Gasteiger partial charge in [0.1, 0.15) is 0 Å². The number of hydrogen-bond donors (Lipinski definition) is 1. The van der Waals surface area contributed by atoms with E-state index in [-0.39, 0.29) is 17.4 Å². The third-order valence-corrected chi connectivity index (χ3v) is 7.56. The lowest BCUT2D eigenvalue weighted by Crippen LogP contribution is -2.29. The summed E-state index contributed by atoms with van der Waals surface area (Å²) < 4.78 is 32.2. The summed E-state index contributed by atoms with van der Waals surface area (Å²) in [6.45, 7) is 3.00. The molecule has 134 valence electrons. The van der Waals surface area contributed by atoms with Crippen LogP contribution < -0.4 is 5.73 Å². The zero-order valence-electron chi connectivity index (χ0n) is 14.1. The highest BCUT2D eigenvalue weighted by molar-refractivity contribution is 7.92. The molecule has 4 nitrogen and oxygen atoms in total. The zero-order chi connectivity index (χ0) is 18.1. The quantitative estimate of drug-likeness (QED) is 0.801. The molecule has 0 saturated heterocycles. The van der Waals surface area contributed by atoms with Crippen molar-refractivity contribution in [2.45, 2.75) is 23.0 Å². The first kappa shape index (κ1) is 18.4. The van der Waals surface area contributed by atoms with Gasteiger partial charge in [-0.3, -0.25) is 0 Å². The summed E-state index contributed by atoms with van der Waals surface area (Å²) in [5, 5.41) is -0.0890. The van der Waals surface area contributed by atoms with Crippen molar-refractivity contribution < 1.29 is 13.2 Å². The molecule has 0 aromatic heterocycles. The van der Waals surface area contributed by atoms with Crippen molar-refractivity contribution in [3.63, 3.8) is 0 Å². The van der Waals surface area contributed by atoms with Crippen LogP contribution in [0.15, 0.2) is 59.5 Å². The van der Waals surface area contributed by atoms with Gasteiger partial charge in [-0.15, -0.1) is 0 Å². The standard InChI is InChI=1S/C19H22ClNO3S/c1-2-24-13-19(12-21)17(14-6-4-3-5-7-14)18(19)25(22,23)16-10-8-15(20)9-11-16/h3-11,17-18H,2,12-13,21H2,1H3. The minimum Gasteiger partial charge on any atom is -0.381 e. The molecule has 0 heterocycles. The van der Waals surface area contributed by atoms with Gasteiger partial charge in [0.25, 0.3) is 0 Å². The molecule has 3 atom stereocenters. The molecule has 1 aliphatic carbocycles. The van der Waals surface area contributed by atoms with Crippen LogP contribution in [0.3, 0.4) is 0 Å². The van der Waals surface area contributed by atoms with E-state index in [9.17, 15) is 8.42 Å². The van der Waals surface area contributed by atoms with E-state index in [2.05, 4.69) is 0 Å². The molecule has 3 unspecified atom stereocenters. The molecule has 1 aliphatic rings. The predicted molar refractivity (Wildman–Crippen MR) is 99.6 cm³/mol. The number of ether oxygens (including phenoxy) is 1. The van der Waals surface area contributed by atoms with E-state index in [1.54, 1.807) is 24.3 Å². The van der Waals surface area contributed by atoms with E-state index in [1.807, 2.05) is 37.3 Å². The van der Waals surface area contributed by atoms with Crippen molar-refractivity contribution in [3.8, 4) is 0 Å². The normalized spacial score (nSPS) is 25.7. The maximum absolute atomic E-state index is 13.3. The molecule has 6 heteroatoms. The summed E-state index contributed by atoms with van der Waals surface area (Å²) in [5.74, 6) is -0.175. The van der Waals surface area contributed by atoms with Crippen LogP contribution in [-0.4, -0.2) is 33.4 Å². The first-order valence-electron chi connectivity index (χ1n) is 8.29. The Kier molecular flexibility index (Phi) is 5.21. The number of halogens is 1. The first-order chi connectivity index (χ1) is 12.0. The molecule has 3 rings (SSSR count). The highest BCUT2D eigenvalue weighted by atomic mass is 35.5. The lowest BCUT2D eigenvalue weighted by Gasteiger charge is -2.16. The van der Waals surface area contributed by atoms with Gasteiger partial charge in [-0.2, -0.15) is 0 Å². The zero-order valence-corrected chi connectivity index (χ0v) is 15.6. The first-order valence-corrected chi connectivity index (χ1v) is 10.2. The average molecular weight is 380 g/mol. The van der Waals surface area contributed by atoms with Crippen molar-refractivity contribution in [1.29, 1.82) is 0 Å². The molecular weight excluding hydrogens is 358 g/mol. The predicted octanol–water partition coefficient (Wildman–Crippen LogP) is 3.26. The molecule has 1 saturated carbocycles. The fourth-order valence-corrected chi connectivity index (χ4v) is 6.22. The van der Waals surface area contributed by atoms with Crippen LogP contribution in [0, 0.1) is 5.41 Å². The summed E-state index contributed by atoms with van der Waals surface area (Å²) in [6, 6.07) is 16.0. The molecule has 2 N–H and O–H groups in total. The van der Waals surface area contributed by atoms with Gasteiger partial charge in [0, 0.05) is 29.5 Å². The Labute approximate surface area is 153 Å². The van der Waals surface area contributed by atoms with Crippen molar-refractivity contribution >= 4 is 21.4 Å². The number of sulfone groups is 1. The van der Waals surface area contributed by atoms with Crippen LogP contribution in [-0.2, 0) is 14.6 Å².